The summed E-state index contributed by atoms with van der Waals surface area (Å²) in [5.74, 6) is 0.676. The third-order valence-electron chi connectivity index (χ3n) is 4.53. The first-order valence-electron chi connectivity index (χ1n) is 7.79. The minimum absolute atomic E-state index is 0.194. The van der Waals surface area contributed by atoms with Gasteiger partial charge in [-0.15, -0.1) is 0 Å². The third-order valence-corrected chi connectivity index (χ3v) is 4.53. The number of hydrogen-bond acceptors (Lipinski definition) is 3. The standard InChI is InChI=1S/C10H10O2.C9H10O/c11-6-8-5-4-7-2-1-3-9(7)10(8)12;10-9-6-2-4-7-3-1-5-8(7)9/h4-6,12H,1-3H2;2,4,6,10H,1,3,5H2. The van der Waals surface area contributed by atoms with Gasteiger partial charge >= 0.3 is 0 Å². The lowest BCUT2D eigenvalue weighted by Gasteiger charge is -2.03. The summed E-state index contributed by atoms with van der Waals surface area (Å²) in [4.78, 5) is 10.5. The Morgan fingerprint density at radius 3 is 2.18 bits per heavy atom. The van der Waals surface area contributed by atoms with Crippen LogP contribution in [0, 0.1) is 0 Å². The van der Waals surface area contributed by atoms with E-state index in [9.17, 15) is 15.0 Å². The zero-order valence-corrected chi connectivity index (χ0v) is 12.5. The number of phenolic OH excluding ortho intramolecular Hbond substituents is 2. The molecule has 2 aromatic rings. The Bertz CT molecular complexity index is 704. The van der Waals surface area contributed by atoms with E-state index in [2.05, 4.69) is 6.07 Å². The molecule has 0 spiro atoms. The molecule has 0 atom stereocenters. The molecule has 0 saturated carbocycles. The molecule has 0 aliphatic heterocycles. The zero-order valence-electron chi connectivity index (χ0n) is 12.5. The Kier molecular flexibility index (Phi) is 4.14. The van der Waals surface area contributed by atoms with Crippen molar-refractivity contribution in [2.24, 2.45) is 0 Å². The first-order valence-corrected chi connectivity index (χ1v) is 7.79. The topological polar surface area (TPSA) is 57.5 Å². The van der Waals surface area contributed by atoms with Gasteiger partial charge in [0.1, 0.15) is 11.5 Å². The summed E-state index contributed by atoms with van der Waals surface area (Å²) in [5.41, 5.74) is 5.08. The Labute approximate surface area is 130 Å². The molecule has 0 radical (unpaired) electrons. The Morgan fingerprint density at radius 2 is 1.50 bits per heavy atom. The Balaban J connectivity index is 0.000000133. The van der Waals surface area contributed by atoms with E-state index in [1.165, 1.54) is 23.1 Å². The van der Waals surface area contributed by atoms with Crippen LogP contribution in [0.5, 0.6) is 11.5 Å². The summed E-state index contributed by atoms with van der Waals surface area (Å²) < 4.78 is 0. The molecule has 3 heteroatoms. The van der Waals surface area contributed by atoms with E-state index < -0.39 is 0 Å². The van der Waals surface area contributed by atoms with Gasteiger partial charge in [-0.2, -0.15) is 0 Å². The van der Waals surface area contributed by atoms with Crippen LogP contribution >= 0.6 is 0 Å². The number of phenols is 2. The van der Waals surface area contributed by atoms with Gasteiger partial charge < -0.3 is 10.2 Å². The fraction of sp³-hybridized carbons (Fsp3) is 0.316. The van der Waals surface area contributed by atoms with Gasteiger partial charge in [0.25, 0.3) is 0 Å². The summed E-state index contributed by atoms with van der Waals surface area (Å²) >= 11 is 0. The lowest BCUT2D eigenvalue weighted by molar-refractivity contribution is 0.112. The second kappa shape index (κ2) is 6.22. The predicted octanol–water partition coefficient (Wildman–Crippen LogP) is 3.57. The predicted molar refractivity (Wildman–Crippen MR) is 85.7 cm³/mol. The van der Waals surface area contributed by atoms with E-state index in [0.717, 1.165) is 37.7 Å². The molecular weight excluding hydrogens is 276 g/mol. The van der Waals surface area contributed by atoms with Crippen LogP contribution in [0.4, 0.5) is 0 Å². The summed E-state index contributed by atoms with van der Waals surface area (Å²) in [5, 5.41) is 18.9. The molecular formula is C19H20O3. The lowest BCUT2D eigenvalue weighted by Crippen LogP contribution is -1.88. The number of hydrogen-bond donors (Lipinski definition) is 2. The van der Waals surface area contributed by atoms with Crippen molar-refractivity contribution >= 4 is 6.29 Å². The van der Waals surface area contributed by atoms with Gasteiger partial charge in [-0.1, -0.05) is 18.2 Å². The number of aldehydes is 1. The highest BCUT2D eigenvalue weighted by molar-refractivity contribution is 5.80. The van der Waals surface area contributed by atoms with Gasteiger partial charge in [-0.3, -0.25) is 4.79 Å². The summed E-state index contributed by atoms with van der Waals surface area (Å²) in [7, 11) is 0. The molecule has 0 unspecified atom stereocenters. The first kappa shape index (κ1) is 14.6. The van der Waals surface area contributed by atoms with E-state index in [1.807, 2.05) is 12.1 Å². The van der Waals surface area contributed by atoms with Crippen molar-refractivity contribution in [2.45, 2.75) is 38.5 Å². The minimum Gasteiger partial charge on any atom is -0.508 e. The van der Waals surface area contributed by atoms with Gasteiger partial charge in [-0.05, 0) is 72.9 Å². The monoisotopic (exact) mass is 296 g/mol. The van der Waals surface area contributed by atoms with Gasteiger partial charge in [-0.25, -0.2) is 0 Å². The molecule has 4 rings (SSSR count). The van der Waals surface area contributed by atoms with Crippen molar-refractivity contribution in [1.82, 2.24) is 0 Å². The average Bonchev–Trinajstić information content (AvgIpc) is 3.18. The summed E-state index contributed by atoms with van der Waals surface area (Å²) in [6, 6.07) is 9.41. The largest absolute Gasteiger partial charge is 0.508 e. The molecule has 2 aliphatic carbocycles. The van der Waals surface area contributed by atoms with Crippen molar-refractivity contribution in [3.8, 4) is 11.5 Å². The van der Waals surface area contributed by atoms with E-state index in [4.69, 9.17) is 0 Å². The molecule has 2 aliphatic rings. The van der Waals surface area contributed by atoms with Gasteiger partial charge in [0.15, 0.2) is 6.29 Å². The maximum absolute atomic E-state index is 10.5. The molecule has 0 heterocycles. The molecule has 114 valence electrons. The molecule has 22 heavy (non-hydrogen) atoms. The van der Waals surface area contributed by atoms with Crippen LogP contribution in [0.2, 0.25) is 0 Å². The SMILES string of the molecule is O=Cc1ccc2c(c1O)CCC2.Oc1cccc2c1CCC2. The van der Waals surface area contributed by atoms with E-state index in [-0.39, 0.29) is 5.75 Å². The van der Waals surface area contributed by atoms with Crippen LogP contribution in [0.3, 0.4) is 0 Å². The Morgan fingerprint density at radius 1 is 0.818 bits per heavy atom. The van der Waals surface area contributed by atoms with Crippen molar-refractivity contribution in [1.29, 1.82) is 0 Å². The third kappa shape index (κ3) is 2.71. The van der Waals surface area contributed by atoms with Crippen LogP contribution in [-0.2, 0) is 25.7 Å². The van der Waals surface area contributed by atoms with Crippen molar-refractivity contribution in [3.05, 3.63) is 58.1 Å². The second-order valence-corrected chi connectivity index (χ2v) is 5.88. The first-order chi connectivity index (χ1) is 10.7. The quantitative estimate of drug-likeness (QED) is 0.791. The number of carbonyl (C=O) groups excluding carboxylic acids is 1. The maximum Gasteiger partial charge on any atom is 0.153 e. The molecule has 2 aromatic carbocycles. The van der Waals surface area contributed by atoms with Crippen LogP contribution < -0.4 is 0 Å². The highest BCUT2D eigenvalue weighted by atomic mass is 16.3. The zero-order chi connectivity index (χ0) is 15.5. The van der Waals surface area contributed by atoms with Gasteiger partial charge in [0, 0.05) is 0 Å². The van der Waals surface area contributed by atoms with Crippen LogP contribution in [0.25, 0.3) is 0 Å². The number of aromatic hydroxyl groups is 2. The molecule has 0 amide bonds. The molecule has 2 N–H and O–H groups in total. The van der Waals surface area contributed by atoms with Crippen LogP contribution in [0.15, 0.2) is 30.3 Å². The number of fused-ring (bicyclic) bond motifs is 2. The van der Waals surface area contributed by atoms with Gasteiger partial charge in [0.2, 0.25) is 0 Å². The van der Waals surface area contributed by atoms with Crippen molar-refractivity contribution < 1.29 is 15.0 Å². The summed E-state index contributed by atoms with van der Waals surface area (Å²) in [6.45, 7) is 0. The van der Waals surface area contributed by atoms with Gasteiger partial charge in [0.05, 0.1) is 5.56 Å². The highest BCUT2D eigenvalue weighted by Gasteiger charge is 2.16. The number of aryl methyl sites for hydroxylation is 2. The van der Waals surface area contributed by atoms with E-state index in [0.29, 0.717) is 17.6 Å². The molecule has 0 fully saturated rings. The average molecular weight is 296 g/mol. The number of carbonyl (C=O) groups is 1. The maximum atomic E-state index is 10.5. The molecule has 0 bridgehead atoms. The van der Waals surface area contributed by atoms with E-state index >= 15 is 0 Å². The molecule has 3 nitrogen and oxygen atoms in total. The molecule has 0 aromatic heterocycles. The Hall–Kier alpha value is -2.29. The normalized spacial score (nSPS) is 14.7. The highest BCUT2D eigenvalue weighted by Crippen LogP contribution is 2.32. The van der Waals surface area contributed by atoms with Crippen LogP contribution in [0.1, 0.15) is 45.5 Å². The fourth-order valence-electron chi connectivity index (χ4n) is 3.36. The van der Waals surface area contributed by atoms with E-state index in [1.54, 1.807) is 12.1 Å². The smallest absolute Gasteiger partial charge is 0.153 e. The molecule has 0 saturated heterocycles. The summed E-state index contributed by atoms with van der Waals surface area (Å²) in [6.07, 6.45) is 7.13. The number of rotatable bonds is 1. The van der Waals surface area contributed by atoms with Crippen molar-refractivity contribution in [2.75, 3.05) is 0 Å². The fourth-order valence-corrected chi connectivity index (χ4v) is 3.36. The van der Waals surface area contributed by atoms with Crippen LogP contribution in [-0.4, -0.2) is 16.5 Å². The second-order valence-electron chi connectivity index (χ2n) is 5.88. The lowest BCUT2D eigenvalue weighted by atomic mass is 10.1. The number of benzene rings is 2. The van der Waals surface area contributed by atoms with Crippen molar-refractivity contribution in [3.63, 3.8) is 0 Å². The minimum atomic E-state index is 0.194.